The van der Waals surface area contributed by atoms with Gasteiger partial charge < -0.3 is 5.73 Å². The fourth-order valence-corrected chi connectivity index (χ4v) is 3.17. The van der Waals surface area contributed by atoms with Crippen LogP contribution in [0.15, 0.2) is 53.0 Å². The van der Waals surface area contributed by atoms with Crippen LogP contribution in [-0.4, -0.2) is 18.0 Å². The molecule has 0 radical (unpaired) electrons. The van der Waals surface area contributed by atoms with E-state index in [2.05, 4.69) is 52.1 Å². The van der Waals surface area contributed by atoms with Crippen LogP contribution in [0.1, 0.15) is 24.1 Å². The molecule has 2 rings (SSSR count). The molecule has 0 saturated heterocycles. The van der Waals surface area contributed by atoms with E-state index in [9.17, 15) is 0 Å². The highest BCUT2D eigenvalue weighted by molar-refractivity contribution is 9.10. The Hall–Kier alpha value is -0.870. The number of hydrogen-bond donors (Lipinski definition) is 1. The first-order valence-corrected chi connectivity index (χ1v) is 8.10. The van der Waals surface area contributed by atoms with Gasteiger partial charge in [-0.2, -0.15) is 0 Å². The van der Waals surface area contributed by atoms with Crippen LogP contribution in [0.4, 0.5) is 0 Å². The highest BCUT2D eigenvalue weighted by Crippen LogP contribution is 2.26. The number of rotatable bonds is 5. The predicted molar refractivity (Wildman–Crippen MR) is 93.5 cm³/mol. The van der Waals surface area contributed by atoms with Crippen LogP contribution in [0.2, 0.25) is 5.02 Å². The third kappa shape index (κ3) is 4.55. The zero-order valence-electron chi connectivity index (χ0n) is 12.3. The Labute approximate surface area is 140 Å². The summed E-state index contributed by atoms with van der Waals surface area (Å²) in [5.41, 5.74) is 8.66. The van der Waals surface area contributed by atoms with Gasteiger partial charge >= 0.3 is 0 Å². The predicted octanol–water partition coefficient (Wildman–Crippen LogP) is 4.62. The number of nitrogens with zero attached hydrogens (tertiary/aromatic N) is 1. The van der Waals surface area contributed by atoms with Crippen molar-refractivity contribution >= 4 is 27.5 Å². The fraction of sp³-hybridized carbons (Fsp3) is 0.294. The van der Waals surface area contributed by atoms with Crippen LogP contribution < -0.4 is 5.73 Å². The van der Waals surface area contributed by atoms with Gasteiger partial charge in [0.25, 0.3) is 0 Å². The molecular formula is C17H20BrClN2. The minimum Gasteiger partial charge on any atom is -0.326 e. The van der Waals surface area contributed by atoms with Crippen LogP contribution in [0.3, 0.4) is 0 Å². The molecule has 0 heterocycles. The van der Waals surface area contributed by atoms with E-state index < -0.39 is 0 Å². The van der Waals surface area contributed by atoms with E-state index in [1.165, 1.54) is 11.1 Å². The molecule has 21 heavy (non-hydrogen) atoms. The first kappa shape index (κ1) is 16.5. The van der Waals surface area contributed by atoms with Crippen LogP contribution in [0.5, 0.6) is 0 Å². The highest BCUT2D eigenvalue weighted by Gasteiger charge is 2.21. The number of halogens is 2. The molecule has 0 amide bonds. The van der Waals surface area contributed by atoms with E-state index in [1.54, 1.807) is 0 Å². The quantitative estimate of drug-likeness (QED) is 0.835. The van der Waals surface area contributed by atoms with Gasteiger partial charge in [0.1, 0.15) is 0 Å². The van der Waals surface area contributed by atoms with E-state index in [0.29, 0.717) is 0 Å². The lowest BCUT2D eigenvalue weighted by Crippen LogP contribution is -2.36. The zero-order valence-corrected chi connectivity index (χ0v) is 14.6. The van der Waals surface area contributed by atoms with Crippen molar-refractivity contribution < 1.29 is 0 Å². The lowest BCUT2D eigenvalue weighted by molar-refractivity contribution is 0.211. The normalized spacial score (nSPS) is 14.2. The van der Waals surface area contributed by atoms with E-state index in [4.69, 9.17) is 17.3 Å². The molecule has 0 spiro atoms. The third-order valence-electron chi connectivity index (χ3n) is 3.51. The number of nitrogens with two attached hydrogens (primary N) is 1. The van der Waals surface area contributed by atoms with Crippen LogP contribution >= 0.6 is 27.5 Å². The van der Waals surface area contributed by atoms with Crippen LogP contribution in [0.25, 0.3) is 0 Å². The molecule has 0 aliphatic carbocycles. The lowest BCUT2D eigenvalue weighted by Gasteiger charge is -2.31. The molecule has 2 unspecified atom stereocenters. The van der Waals surface area contributed by atoms with E-state index in [0.717, 1.165) is 16.0 Å². The van der Waals surface area contributed by atoms with Crippen molar-refractivity contribution in [2.45, 2.75) is 25.6 Å². The summed E-state index contributed by atoms with van der Waals surface area (Å²) < 4.78 is 1.07. The summed E-state index contributed by atoms with van der Waals surface area (Å²) in [5, 5.41) is 0.761. The molecule has 0 aliphatic heterocycles. The molecule has 112 valence electrons. The van der Waals surface area contributed by atoms with Gasteiger partial charge in [-0.3, -0.25) is 4.90 Å². The largest absolute Gasteiger partial charge is 0.326 e. The van der Waals surface area contributed by atoms with Crippen LogP contribution in [0, 0.1) is 0 Å². The summed E-state index contributed by atoms with van der Waals surface area (Å²) in [4.78, 5) is 2.27. The topological polar surface area (TPSA) is 29.3 Å². The second kappa shape index (κ2) is 7.41. The van der Waals surface area contributed by atoms with Gasteiger partial charge in [-0.05, 0) is 49.4 Å². The first-order chi connectivity index (χ1) is 9.97. The van der Waals surface area contributed by atoms with Gasteiger partial charge in [0.2, 0.25) is 0 Å². The van der Waals surface area contributed by atoms with Gasteiger partial charge in [-0.25, -0.2) is 0 Å². The Kier molecular flexibility index (Phi) is 5.82. The average Bonchev–Trinajstić information content (AvgIpc) is 2.41. The molecule has 0 bridgehead atoms. The maximum Gasteiger partial charge on any atom is 0.0497 e. The molecule has 2 aromatic carbocycles. The standard InChI is InChI=1S/C17H20BrClN2/c1-12(20)17(14-4-3-5-15(18)10-14)21(2)11-13-6-8-16(19)9-7-13/h3-10,12,17H,11,20H2,1-2H3. The minimum absolute atomic E-state index is 0.0385. The Bertz CT molecular complexity index is 584. The fourth-order valence-electron chi connectivity index (χ4n) is 2.63. The molecule has 0 aromatic heterocycles. The second-order valence-corrected chi connectivity index (χ2v) is 6.75. The summed E-state index contributed by atoms with van der Waals surface area (Å²) in [6.07, 6.45) is 0. The Morgan fingerprint density at radius 3 is 2.43 bits per heavy atom. The Morgan fingerprint density at radius 1 is 1.19 bits per heavy atom. The third-order valence-corrected chi connectivity index (χ3v) is 4.25. The number of likely N-dealkylation sites (N-methyl/N-ethyl adjacent to an activating group) is 1. The van der Waals surface area contributed by atoms with E-state index >= 15 is 0 Å². The summed E-state index contributed by atoms with van der Waals surface area (Å²) in [6.45, 7) is 2.87. The molecule has 2 atom stereocenters. The lowest BCUT2D eigenvalue weighted by atomic mass is 9.99. The van der Waals surface area contributed by atoms with Gasteiger partial charge in [-0.1, -0.05) is 51.8 Å². The number of benzene rings is 2. The van der Waals surface area contributed by atoms with E-state index in [-0.39, 0.29) is 12.1 Å². The SMILES string of the molecule is CC(N)C(c1cccc(Br)c1)N(C)Cc1ccc(Cl)cc1. The molecule has 4 heteroatoms. The minimum atomic E-state index is 0.0385. The first-order valence-electron chi connectivity index (χ1n) is 6.93. The summed E-state index contributed by atoms with van der Waals surface area (Å²) in [6, 6.07) is 16.5. The van der Waals surface area contributed by atoms with Crippen molar-refractivity contribution in [3.63, 3.8) is 0 Å². The van der Waals surface area contributed by atoms with Crippen molar-refractivity contribution in [2.24, 2.45) is 5.73 Å². The molecule has 2 aromatic rings. The maximum atomic E-state index is 6.22. The number of hydrogen-bond acceptors (Lipinski definition) is 2. The van der Waals surface area contributed by atoms with Crippen LogP contribution in [-0.2, 0) is 6.54 Å². The van der Waals surface area contributed by atoms with Gasteiger partial charge in [0.05, 0.1) is 0 Å². The molecule has 0 saturated carbocycles. The molecule has 2 N–H and O–H groups in total. The van der Waals surface area contributed by atoms with Crippen molar-refractivity contribution in [1.82, 2.24) is 4.90 Å². The zero-order chi connectivity index (χ0) is 15.4. The highest BCUT2D eigenvalue weighted by atomic mass is 79.9. The molecule has 0 fully saturated rings. The van der Waals surface area contributed by atoms with Crippen molar-refractivity contribution in [2.75, 3.05) is 7.05 Å². The summed E-state index contributed by atoms with van der Waals surface area (Å²) in [7, 11) is 2.10. The second-order valence-electron chi connectivity index (χ2n) is 5.40. The molecule has 0 aliphatic rings. The summed E-state index contributed by atoms with van der Waals surface area (Å²) in [5.74, 6) is 0. The summed E-state index contributed by atoms with van der Waals surface area (Å²) >= 11 is 9.47. The van der Waals surface area contributed by atoms with E-state index in [1.807, 2.05) is 31.2 Å². The molecule has 2 nitrogen and oxygen atoms in total. The van der Waals surface area contributed by atoms with Crippen molar-refractivity contribution in [3.05, 3.63) is 69.2 Å². The van der Waals surface area contributed by atoms with Gasteiger partial charge in [-0.15, -0.1) is 0 Å². The molecular weight excluding hydrogens is 348 g/mol. The smallest absolute Gasteiger partial charge is 0.0497 e. The maximum absolute atomic E-state index is 6.22. The van der Waals surface area contributed by atoms with Gasteiger partial charge in [0, 0.05) is 28.1 Å². The average molecular weight is 368 g/mol. The monoisotopic (exact) mass is 366 g/mol. The van der Waals surface area contributed by atoms with Crippen molar-refractivity contribution in [3.8, 4) is 0 Å². The van der Waals surface area contributed by atoms with Gasteiger partial charge in [0.15, 0.2) is 0 Å². The van der Waals surface area contributed by atoms with Crippen molar-refractivity contribution in [1.29, 1.82) is 0 Å². The Balaban J connectivity index is 2.19. The Morgan fingerprint density at radius 2 is 1.86 bits per heavy atom.